The Balaban J connectivity index is 3.82. The molecule has 0 aromatic heterocycles. The van der Waals surface area contributed by atoms with Gasteiger partial charge in [0.1, 0.15) is 0 Å². The molecule has 0 fully saturated rings. The first-order chi connectivity index (χ1) is 4.52. The summed E-state index contributed by atoms with van der Waals surface area (Å²) in [6.45, 7) is 8.19. The summed E-state index contributed by atoms with van der Waals surface area (Å²) in [6.07, 6.45) is 2.15. The molecule has 0 rings (SSSR count). The van der Waals surface area contributed by atoms with Crippen LogP contribution in [0.5, 0.6) is 0 Å². The third-order valence-corrected chi connectivity index (χ3v) is 1.06. The fraction of sp³-hybridized carbons (Fsp3) is 0.625. The summed E-state index contributed by atoms with van der Waals surface area (Å²) >= 11 is 4.87. The summed E-state index contributed by atoms with van der Waals surface area (Å²) < 4.78 is 0. The molecule has 0 spiro atoms. The smallest absolute Gasteiger partial charge is 0.0763 e. The Morgan fingerprint density at radius 1 is 1.40 bits per heavy atom. The Labute approximate surface area is 68.5 Å². The van der Waals surface area contributed by atoms with Gasteiger partial charge in [0, 0.05) is 5.70 Å². The second kappa shape index (κ2) is 4.45. The predicted molar refractivity (Wildman–Crippen MR) is 50.0 cm³/mol. The molecule has 1 nitrogen and oxygen atoms in total. The minimum absolute atomic E-state index is 0.585. The van der Waals surface area contributed by atoms with Gasteiger partial charge < -0.3 is 5.32 Å². The topological polar surface area (TPSA) is 12.0 Å². The number of thiocarbonyl (C=S) groups is 1. The molecule has 0 aliphatic carbocycles. The average Bonchev–Trinajstić information content (AvgIpc) is 1.58. The average molecular weight is 157 g/mol. The van der Waals surface area contributed by atoms with Gasteiger partial charge >= 0.3 is 0 Å². The Morgan fingerprint density at radius 3 is 2.20 bits per heavy atom. The van der Waals surface area contributed by atoms with Crippen LogP contribution in [-0.2, 0) is 0 Å². The van der Waals surface area contributed by atoms with E-state index in [0.29, 0.717) is 5.92 Å². The molecule has 0 saturated heterocycles. The van der Waals surface area contributed by atoms with Crippen LogP contribution in [0.1, 0.15) is 27.7 Å². The van der Waals surface area contributed by atoms with E-state index >= 15 is 0 Å². The molecule has 0 atom stereocenters. The lowest BCUT2D eigenvalue weighted by molar-refractivity contribution is 0.813. The molecular weight excluding hydrogens is 142 g/mol. The molecule has 0 saturated carbocycles. The van der Waals surface area contributed by atoms with E-state index < -0.39 is 0 Å². The van der Waals surface area contributed by atoms with Gasteiger partial charge in [-0.2, -0.15) is 0 Å². The summed E-state index contributed by atoms with van der Waals surface area (Å²) in [4.78, 5) is 0.828. The molecule has 58 valence electrons. The first kappa shape index (κ1) is 9.63. The van der Waals surface area contributed by atoms with Crippen LogP contribution in [0.15, 0.2) is 11.8 Å². The second-order valence-electron chi connectivity index (χ2n) is 2.77. The number of hydrogen-bond donors (Lipinski definition) is 1. The van der Waals surface area contributed by atoms with Crippen molar-refractivity contribution in [3.63, 3.8) is 0 Å². The van der Waals surface area contributed by atoms with Crippen LogP contribution in [0, 0.1) is 5.92 Å². The number of hydrogen-bond acceptors (Lipinski definition) is 1. The minimum Gasteiger partial charge on any atom is -0.354 e. The summed E-state index contributed by atoms with van der Waals surface area (Å²) in [6, 6.07) is 0. The van der Waals surface area contributed by atoms with Gasteiger partial charge in [0.2, 0.25) is 0 Å². The molecular formula is C8H15NS. The monoisotopic (exact) mass is 157 g/mol. The van der Waals surface area contributed by atoms with Crippen molar-refractivity contribution in [2.24, 2.45) is 5.92 Å². The maximum atomic E-state index is 4.87. The zero-order chi connectivity index (χ0) is 8.15. The van der Waals surface area contributed by atoms with Gasteiger partial charge in [-0.1, -0.05) is 32.1 Å². The normalized spacial score (nSPS) is 11.9. The SMILES string of the molecule is CC(=S)N/C(C)=C\C(C)C. The predicted octanol–water partition coefficient (Wildman–Crippen LogP) is 2.48. The van der Waals surface area contributed by atoms with Crippen molar-refractivity contribution in [1.82, 2.24) is 5.32 Å². The van der Waals surface area contributed by atoms with Crippen molar-refractivity contribution in [1.29, 1.82) is 0 Å². The molecule has 0 aliphatic rings. The molecule has 0 bridgehead atoms. The first-order valence-electron chi connectivity index (χ1n) is 3.48. The summed E-state index contributed by atoms with van der Waals surface area (Å²) in [5, 5.41) is 3.07. The van der Waals surface area contributed by atoms with Crippen LogP contribution in [0.25, 0.3) is 0 Å². The van der Waals surface area contributed by atoms with Crippen molar-refractivity contribution in [2.75, 3.05) is 0 Å². The van der Waals surface area contributed by atoms with Crippen molar-refractivity contribution in [2.45, 2.75) is 27.7 Å². The summed E-state index contributed by atoms with van der Waals surface area (Å²) in [7, 11) is 0. The lowest BCUT2D eigenvalue weighted by Gasteiger charge is -2.04. The van der Waals surface area contributed by atoms with E-state index in [-0.39, 0.29) is 0 Å². The van der Waals surface area contributed by atoms with E-state index in [4.69, 9.17) is 12.2 Å². The van der Waals surface area contributed by atoms with E-state index in [2.05, 4.69) is 25.2 Å². The minimum atomic E-state index is 0.585. The zero-order valence-electron chi connectivity index (χ0n) is 7.06. The number of allylic oxidation sites excluding steroid dienone is 2. The Bertz CT molecular complexity index is 147. The third kappa shape index (κ3) is 5.76. The first-order valence-corrected chi connectivity index (χ1v) is 3.89. The maximum Gasteiger partial charge on any atom is 0.0763 e. The number of rotatable bonds is 2. The lowest BCUT2D eigenvalue weighted by atomic mass is 10.2. The van der Waals surface area contributed by atoms with E-state index in [1.807, 2.05) is 13.8 Å². The maximum absolute atomic E-state index is 4.87. The molecule has 1 N–H and O–H groups in total. The quantitative estimate of drug-likeness (QED) is 0.618. The van der Waals surface area contributed by atoms with Crippen molar-refractivity contribution in [3.05, 3.63) is 11.8 Å². The van der Waals surface area contributed by atoms with E-state index in [1.165, 1.54) is 0 Å². The Hall–Kier alpha value is -0.370. The highest BCUT2D eigenvalue weighted by Crippen LogP contribution is 1.97. The molecule has 0 radical (unpaired) electrons. The molecule has 2 heteroatoms. The Kier molecular flexibility index (Phi) is 4.28. The highest BCUT2D eigenvalue weighted by atomic mass is 32.1. The molecule has 0 aromatic carbocycles. The van der Waals surface area contributed by atoms with Gasteiger partial charge in [-0.15, -0.1) is 0 Å². The highest BCUT2D eigenvalue weighted by Gasteiger charge is 1.90. The van der Waals surface area contributed by atoms with E-state index in [1.54, 1.807) is 0 Å². The van der Waals surface area contributed by atoms with Crippen LogP contribution < -0.4 is 5.32 Å². The second-order valence-corrected chi connectivity index (χ2v) is 3.39. The van der Waals surface area contributed by atoms with Gasteiger partial charge in [0.15, 0.2) is 0 Å². The van der Waals surface area contributed by atoms with E-state index in [0.717, 1.165) is 10.7 Å². The van der Waals surface area contributed by atoms with Crippen LogP contribution in [-0.4, -0.2) is 4.99 Å². The fourth-order valence-electron chi connectivity index (χ4n) is 0.819. The lowest BCUT2D eigenvalue weighted by Crippen LogP contribution is -2.15. The van der Waals surface area contributed by atoms with Crippen molar-refractivity contribution >= 4 is 17.2 Å². The van der Waals surface area contributed by atoms with Crippen molar-refractivity contribution < 1.29 is 0 Å². The molecule has 0 unspecified atom stereocenters. The number of nitrogens with one attached hydrogen (secondary N) is 1. The van der Waals surface area contributed by atoms with Crippen LogP contribution >= 0.6 is 12.2 Å². The summed E-state index contributed by atoms with van der Waals surface area (Å²) in [5.41, 5.74) is 1.14. The van der Waals surface area contributed by atoms with Crippen LogP contribution in [0.3, 0.4) is 0 Å². The molecule has 0 aromatic rings. The van der Waals surface area contributed by atoms with Gasteiger partial charge in [-0.25, -0.2) is 0 Å². The highest BCUT2D eigenvalue weighted by molar-refractivity contribution is 7.80. The molecule has 0 amide bonds. The Morgan fingerprint density at radius 2 is 1.90 bits per heavy atom. The zero-order valence-corrected chi connectivity index (χ0v) is 7.88. The standard InChI is InChI=1S/C8H15NS/c1-6(2)5-7(3)9-8(4)10/h5-6H,1-4H3,(H,9,10)/b7-5-. The molecule has 0 heterocycles. The van der Waals surface area contributed by atoms with Gasteiger partial charge in [0.25, 0.3) is 0 Å². The van der Waals surface area contributed by atoms with Gasteiger partial charge in [-0.05, 0) is 19.8 Å². The van der Waals surface area contributed by atoms with E-state index in [9.17, 15) is 0 Å². The van der Waals surface area contributed by atoms with Crippen molar-refractivity contribution in [3.8, 4) is 0 Å². The van der Waals surface area contributed by atoms with Crippen LogP contribution in [0.2, 0.25) is 0 Å². The van der Waals surface area contributed by atoms with Gasteiger partial charge in [0.05, 0.1) is 4.99 Å². The van der Waals surface area contributed by atoms with Crippen LogP contribution in [0.4, 0.5) is 0 Å². The fourth-order valence-corrected chi connectivity index (χ4v) is 0.980. The summed E-state index contributed by atoms with van der Waals surface area (Å²) in [5.74, 6) is 0.585. The largest absolute Gasteiger partial charge is 0.354 e. The van der Waals surface area contributed by atoms with Gasteiger partial charge in [-0.3, -0.25) is 0 Å². The third-order valence-electron chi connectivity index (χ3n) is 0.957. The molecule has 0 aliphatic heterocycles. The molecule has 10 heavy (non-hydrogen) atoms.